The van der Waals surface area contributed by atoms with Crippen LogP contribution in [0.5, 0.6) is 0 Å². The quantitative estimate of drug-likeness (QED) is 0.169. The molecule has 260 valence electrons. The third-order valence-corrected chi connectivity index (χ3v) is 13.0. The largest absolute Gasteiger partial charge is 0.310 e. The fourth-order valence-electron chi connectivity index (χ4n) is 10.5. The Morgan fingerprint density at radius 1 is 0.382 bits per heavy atom. The second-order valence-corrected chi connectivity index (χ2v) is 15.9. The maximum absolute atomic E-state index is 2.66. The number of benzene rings is 9. The molecule has 9 aromatic rings. The van der Waals surface area contributed by atoms with Gasteiger partial charge in [0.25, 0.3) is 6.71 Å². The van der Waals surface area contributed by atoms with Crippen molar-refractivity contribution < 1.29 is 0 Å². The number of hydrogen-bond acceptors (Lipinski definition) is 2. The van der Waals surface area contributed by atoms with Gasteiger partial charge in [-0.2, -0.15) is 0 Å². The molecule has 2 nitrogen and oxygen atoms in total. The van der Waals surface area contributed by atoms with Crippen LogP contribution in [0.1, 0.15) is 43.6 Å². The number of fused-ring (bicyclic) bond motifs is 10. The molecule has 0 radical (unpaired) electrons. The van der Waals surface area contributed by atoms with Gasteiger partial charge in [0.15, 0.2) is 0 Å². The van der Waals surface area contributed by atoms with E-state index < -0.39 is 0 Å². The molecule has 1 aliphatic carbocycles. The summed E-state index contributed by atoms with van der Waals surface area (Å²) in [4.78, 5) is 5.32. The van der Waals surface area contributed by atoms with Crippen molar-refractivity contribution in [1.29, 1.82) is 0 Å². The Balaban J connectivity index is 1.27. The normalized spacial score (nSPS) is 15.1. The lowest BCUT2D eigenvalue weighted by Crippen LogP contribution is -2.61. The summed E-state index contributed by atoms with van der Waals surface area (Å²) in [5.74, 6) is 0.528. The van der Waals surface area contributed by atoms with Gasteiger partial charge in [-0.3, -0.25) is 0 Å². The highest BCUT2D eigenvalue weighted by atomic mass is 15.2. The highest BCUT2D eigenvalue weighted by Crippen LogP contribution is 2.51. The first-order chi connectivity index (χ1) is 27.3. The average molecular weight is 703 g/mol. The fraction of sp³-hybridized carbons (Fsp3) is 0.115. The molecule has 0 amide bonds. The van der Waals surface area contributed by atoms with E-state index in [0.29, 0.717) is 5.92 Å². The zero-order valence-corrected chi connectivity index (χ0v) is 30.8. The minimum absolute atomic E-state index is 0.0575. The molecule has 9 aromatic carbocycles. The average Bonchev–Trinajstić information content (AvgIpc) is 3.26. The minimum Gasteiger partial charge on any atom is -0.310 e. The molecular weight excluding hydrogens is 663 g/mol. The summed E-state index contributed by atoms with van der Waals surface area (Å²) < 4.78 is 0. The molecule has 0 bridgehead atoms. The van der Waals surface area contributed by atoms with Crippen LogP contribution in [-0.2, 0) is 0 Å². The number of rotatable bonds is 3. The predicted octanol–water partition coefficient (Wildman–Crippen LogP) is 12.4. The highest BCUT2D eigenvalue weighted by Gasteiger charge is 2.45. The van der Waals surface area contributed by atoms with Crippen molar-refractivity contribution in [2.24, 2.45) is 0 Å². The fourth-order valence-corrected chi connectivity index (χ4v) is 10.5. The first-order valence-electron chi connectivity index (χ1n) is 20.1. The molecule has 1 saturated carbocycles. The van der Waals surface area contributed by atoms with Crippen LogP contribution in [0.4, 0.5) is 34.1 Å². The number of nitrogens with zero attached hydrogens (tertiary/aromatic N) is 2. The predicted molar refractivity (Wildman–Crippen MR) is 236 cm³/mol. The van der Waals surface area contributed by atoms with E-state index in [-0.39, 0.29) is 6.71 Å². The van der Waals surface area contributed by atoms with Gasteiger partial charge in [-0.15, -0.1) is 0 Å². The van der Waals surface area contributed by atoms with E-state index in [4.69, 9.17) is 0 Å². The van der Waals surface area contributed by atoms with E-state index in [0.717, 1.165) is 0 Å². The SMILES string of the molecule is c1ccc2c(N3c4cc(C5CCCCC5)cc5c4B(c4ccc6ccccc6c43)c3ccc4ccccc4c3N5c3cccc4ccccc34)cccc2c1. The van der Waals surface area contributed by atoms with Gasteiger partial charge < -0.3 is 9.80 Å². The van der Waals surface area contributed by atoms with Crippen LogP contribution in [0.2, 0.25) is 0 Å². The minimum atomic E-state index is 0.0575. The van der Waals surface area contributed by atoms with Gasteiger partial charge in [0.05, 0.1) is 11.4 Å². The first-order valence-corrected chi connectivity index (χ1v) is 20.1. The van der Waals surface area contributed by atoms with E-state index in [1.807, 2.05) is 0 Å². The molecule has 0 saturated heterocycles. The van der Waals surface area contributed by atoms with Crippen molar-refractivity contribution >= 4 is 100 Å². The molecule has 0 N–H and O–H groups in total. The lowest BCUT2D eigenvalue weighted by Gasteiger charge is -2.46. The van der Waals surface area contributed by atoms with Gasteiger partial charge in [-0.1, -0.05) is 165 Å². The maximum Gasteiger partial charge on any atom is 0.252 e. The molecular formula is C52H39BN2. The Labute approximate surface area is 322 Å². The van der Waals surface area contributed by atoms with Gasteiger partial charge in [0.2, 0.25) is 0 Å². The molecule has 55 heavy (non-hydrogen) atoms. The smallest absolute Gasteiger partial charge is 0.252 e. The lowest BCUT2D eigenvalue weighted by molar-refractivity contribution is 0.444. The third kappa shape index (κ3) is 4.56. The Kier molecular flexibility index (Phi) is 6.84. The van der Waals surface area contributed by atoms with E-state index in [2.05, 4.69) is 180 Å². The molecule has 2 heterocycles. The lowest BCUT2D eigenvalue weighted by atomic mass is 9.33. The van der Waals surface area contributed by atoms with E-state index in [1.165, 1.54) is 131 Å². The van der Waals surface area contributed by atoms with Crippen LogP contribution in [0.25, 0.3) is 43.1 Å². The molecule has 1 fully saturated rings. The standard InChI is InChI=1S/C52H39BN2/c1-2-14-34(15-3-1)39-32-48-50-49(33-39)55(47-27-13-21-36-17-5-9-23-41(36)47)52-43-25-11-7-19-38(43)29-31-45(52)53(50)44-30-28-37-18-6-10-24-42(37)51(44)54(48)46-26-12-20-35-16-4-8-22-40(35)46/h4-13,16-34H,1-3,14-15H2. The molecule has 0 atom stereocenters. The number of anilines is 6. The van der Waals surface area contributed by atoms with E-state index in [1.54, 1.807) is 0 Å². The number of hydrogen-bond donors (Lipinski definition) is 0. The van der Waals surface area contributed by atoms with Gasteiger partial charge in [0.1, 0.15) is 0 Å². The summed E-state index contributed by atoms with van der Waals surface area (Å²) in [5.41, 5.74) is 13.3. The monoisotopic (exact) mass is 702 g/mol. The Hall–Kier alpha value is -6.32. The van der Waals surface area contributed by atoms with Crippen LogP contribution >= 0.6 is 0 Å². The van der Waals surface area contributed by atoms with Crippen LogP contribution in [0, 0.1) is 0 Å². The van der Waals surface area contributed by atoms with Crippen LogP contribution in [0.15, 0.2) is 170 Å². The Morgan fingerprint density at radius 2 is 0.800 bits per heavy atom. The summed E-state index contributed by atoms with van der Waals surface area (Å²) in [6, 6.07) is 64.4. The van der Waals surface area contributed by atoms with Crippen molar-refractivity contribution in [3.05, 3.63) is 175 Å². The van der Waals surface area contributed by atoms with Crippen LogP contribution < -0.4 is 26.2 Å². The van der Waals surface area contributed by atoms with Crippen LogP contribution in [0.3, 0.4) is 0 Å². The van der Waals surface area contributed by atoms with Crippen molar-refractivity contribution in [3.63, 3.8) is 0 Å². The summed E-state index contributed by atoms with van der Waals surface area (Å²) in [6.45, 7) is 0.0575. The maximum atomic E-state index is 2.66. The van der Waals surface area contributed by atoms with E-state index >= 15 is 0 Å². The van der Waals surface area contributed by atoms with Gasteiger partial charge in [0, 0.05) is 44.3 Å². The van der Waals surface area contributed by atoms with Crippen molar-refractivity contribution in [3.8, 4) is 0 Å². The molecule has 2 aliphatic heterocycles. The molecule has 3 aliphatic rings. The highest BCUT2D eigenvalue weighted by molar-refractivity contribution is 7.00. The van der Waals surface area contributed by atoms with Crippen molar-refractivity contribution in [2.45, 2.75) is 38.0 Å². The van der Waals surface area contributed by atoms with Crippen molar-refractivity contribution in [1.82, 2.24) is 0 Å². The Morgan fingerprint density at radius 3 is 1.29 bits per heavy atom. The van der Waals surface area contributed by atoms with Gasteiger partial charge in [-0.05, 0) is 86.5 Å². The molecule has 0 aromatic heterocycles. The third-order valence-electron chi connectivity index (χ3n) is 13.0. The second-order valence-electron chi connectivity index (χ2n) is 15.9. The van der Waals surface area contributed by atoms with Crippen LogP contribution in [-0.4, -0.2) is 6.71 Å². The zero-order valence-electron chi connectivity index (χ0n) is 30.8. The summed E-state index contributed by atoms with van der Waals surface area (Å²) in [6.07, 6.45) is 6.40. The first kappa shape index (κ1) is 31.1. The van der Waals surface area contributed by atoms with Gasteiger partial charge in [-0.25, -0.2) is 0 Å². The molecule has 12 rings (SSSR count). The summed E-state index contributed by atoms with van der Waals surface area (Å²) >= 11 is 0. The van der Waals surface area contributed by atoms with Gasteiger partial charge >= 0.3 is 0 Å². The topological polar surface area (TPSA) is 6.48 Å². The molecule has 3 heteroatoms. The van der Waals surface area contributed by atoms with E-state index in [9.17, 15) is 0 Å². The second kappa shape index (κ2) is 12.1. The summed E-state index contributed by atoms with van der Waals surface area (Å²) in [5, 5.41) is 10.2. The molecule has 0 unspecified atom stereocenters. The van der Waals surface area contributed by atoms with Crippen molar-refractivity contribution in [2.75, 3.05) is 9.80 Å². The Bertz CT molecular complexity index is 2810. The zero-order chi connectivity index (χ0) is 36.0. The molecule has 0 spiro atoms. The summed E-state index contributed by atoms with van der Waals surface area (Å²) in [7, 11) is 0.